The van der Waals surface area contributed by atoms with Crippen LogP contribution in [-0.4, -0.2) is 4.43 Å². The molecule has 2 atom stereocenters. The maximum Gasteiger partial charge on any atom is 0.00238 e. The fraction of sp³-hybridized carbons (Fsp3) is 0.647. The predicted octanol–water partition coefficient (Wildman–Crippen LogP) is 5.81. The van der Waals surface area contributed by atoms with Crippen molar-refractivity contribution in [1.29, 1.82) is 0 Å². The number of rotatable bonds is 8. The van der Waals surface area contributed by atoms with Crippen molar-refractivity contribution in [2.45, 2.75) is 52.9 Å². The Morgan fingerprint density at radius 3 is 2.56 bits per heavy atom. The van der Waals surface area contributed by atoms with Crippen molar-refractivity contribution in [2.75, 3.05) is 4.43 Å². The van der Waals surface area contributed by atoms with Gasteiger partial charge in [-0.2, -0.15) is 0 Å². The van der Waals surface area contributed by atoms with Crippen molar-refractivity contribution in [3.63, 3.8) is 0 Å². The fourth-order valence-corrected chi connectivity index (χ4v) is 3.14. The van der Waals surface area contributed by atoms with E-state index in [4.69, 9.17) is 0 Å². The summed E-state index contributed by atoms with van der Waals surface area (Å²) in [5, 5.41) is 0. The smallest absolute Gasteiger partial charge is 0.00238 e. The molecule has 102 valence electrons. The van der Waals surface area contributed by atoms with Crippen LogP contribution in [0.5, 0.6) is 0 Å². The Morgan fingerprint density at radius 1 is 1.17 bits per heavy atom. The van der Waals surface area contributed by atoms with Gasteiger partial charge in [-0.05, 0) is 43.6 Å². The minimum Gasteiger partial charge on any atom is -0.0861 e. The monoisotopic (exact) mass is 358 g/mol. The van der Waals surface area contributed by atoms with Gasteiger partial charge >= 0.3 is 0 Å². The minimum absolute atomic E-state index is 0.898. The molecule has 0 bridgehead atoms. The van der Waals surface area contributed by atoms with Crippen molar-refractivity contribution in [1.82, 2.24) is 0 Å². The third kappa shape index (κ3) is 6.21. The Balaban J connectivity index is 2.35. The SMILES string of the molecule is CCC(C)CCC(CI)CCc1cccc(C)c1. The third-order valence-corrected chi connectivity index (χ3v) is 5.15. The fourth-order valence-electron chi connectivity index (χ4n) is 2.26. The van der Waals surface area contributed by atoms with Gasteiger partial charge in [0.1, 0.15) is 0 Å². The molecular weight excluding hydrogens is 331 g/mol. The molecule has 0 saturated heterocycles. The largest absolute Gasteiger partial charge is 0.0861 e. The molecule has 0 aliphatic carbocycles. The quantitative estimate of drug-likeness (QED) is 0.407. The molecule has 0 spiro atoms. The van der Waals surface area contributed by atoms with Gasteiger partial charge < -0.3 is 0 Å². The molecule has 0 saturated carbocycles. The normalized spacial score (nSPS) is 14.4. The summed E-state index contributed by atoms with van der Waals surface area (Å²) in [4.78, 5) is 0. The molecule has 1 rings (SSSR count). The van der Waals surface area contributed by atoms with Crippen molar-refractivity contribution < 1.29 is 0 Å². The molecular formula is C17H27I. The molecule has 1 aromatic rings. The Hall–Kier alpha value is -0.0500. The first kappa shape index (κ1) is 16.0. The van der Waals surface area contributed by atoms with Crippen LogP contribution in [0.15, 0.2) is 24.3 Å². The molecule has 0 aliphatic rings. The van der Waals surface area contributed by atoms with E-state index in [1.165, 1.54) is 47.7 Å². The minimum atomic E-state index is 0.898. The summed E-state index contributed by atoms with van der Waals surface area (Å²) in [6.45, 7) is 6.86. The lowest BCUT2D eigenvalue weighted by Crippen LogP contribution is -2.06. The van der Waals surface area contributed by atoms with Gasteiger partial charge in [-0.25, -0.2) is 0 Å². The number of benzene rings is 1. The van der Waals surface area contributed by atoms with Crippen LogP contribution in [0.1, 0.15) is 50.7 Å². The van der Waals surface area contributed by atoms with E-state index in [9.17, 15) is 0 Å². The van der Waals surface area contributed by atoms with Crippen LogP contribution in [0.3, 0.4) is 0 Å². The second-order valence-electron chi connectivity index (χ2n) is 5.64. The van der Waals surface area contributed by atoms with E-state index in [1.807, 2.05) is 0 Å². The Bertz CT molecular complexity index is 332. The highest BCUT2D eigenvalue weighted by Crippen LogP contribution is 2.21. The van der Waals surface area contributed by atoms with Gasteiger partial charge in [0.2, 0.25) is 0 Å². The molecule has 0 radical (unpaired) electrons. The van der Waals surface area contributed by atoms with Gasteiger partial charge in [0, 0.05) is 4.43 Å². The third-order valence-electron chi connectivity index (χ3n) is 3.91. The second kappa shape index (κ2) is 8.95. The van der Waals surface area contributed by atoms with Crippen molar-refractivity contribution >= 4 is 22.6 Å². The maximum atomic E-state index is 2.56. The molecule has 1 aromatic carbocycles. The lowest BCUT2D eigenvalue weighted by Gasteiger charge is -2.16. The molecule has 0 aromatic heterocycles. The highest BCUT2D eigenvalue weighted by Gasteiger charge is 2.09. The summed E-state index contributed by atoms with van der Waals surface area (Å²) in [7, 11) is 0. The van der Waals surface area contributed by atoms with Crippen LogP contribution in [0.2, 0.25) is 0 Å². The summed E-state index contributed by atoms with van der Waals surface area (Å²) in [5.74, 6) is 1.80. The number of hydrogen-bond donors (Lipinski definition) is 0. The summed E-state index contributed by atoms with van der Waals surface area (Å²) in [6, 6.07) is 8.97. The molecule has 0 aliphatic heterocycles. The van der Waals surface area contributed by atoms with E-state index >= 15 is 0 Å². The van der Waals surface area contributed by atoms with Gasteiger partial charge in [0.25, 0.3) is 0 Å². The van der Waals surface area contributed by atoms with E-state index in [-0.39, 0.29) is 0 Å². The van der Waals surface area contributed by atoms with Crippen molar-refractivity contribution in [3.05, 3.63) is 35.4 Å². The van der Waals surface area contributed by atoms with Gasteiger partial charge in [0.05, 0.1) is 0 Å². The number of aryl methyl sites for hydroxylation is 2. The molecule has 0 heterocycles. The lowest BCUT2D eigenvalue weighted by molar-refractivity contribution is 0.414. The van der Waals surface area contributed by atoms with Crippen molar-refractivity contribution in [3.8, 4) is 0 Å². The van der Waals surface area contributed by atoms with Gasteiger partial charge in [0.15, 0.2) is 0 Å². The lowest BCUT2D eigenvalue weighted by atomic mass is 9.92. The van der Waals surface area contributed by atoms with E-state index in [0.717, 1.165) is 11.8 Å². The predicted molar refractivity (Wildman–Crippen MR) is 90.6 cm³/mol. The maximum absolute atomic E-state index is 2.56. The molecule has 0 fully saturated rings. The van der Waals surface area contributed by atoms with E-state index in [1.54, 1.807) is 0 Å². The van der Waals surface area contributed by atoms with Crippen LogP contribution in [0, 0.1) is 18.8 Å². The molecule has 18 heavy (non-hydrogen) atoms. The average Bonchev–Trinajstić information content (AvgIpc) is 2.38. The number of hydrogen-bond acceptors (Lipinski definition) is 0. The summed E-state index contributed by atoms with van der Waals surface area (Å²) in [6.07, 6.45) is 6.73. The molecule has 1 heteroatoms. The average molecular weight is 358 g/mol. The van der Waals surface area contributed by atoms with Crippen LogP contribution in [-0.2, 0) is 6.42 Å². The first-order chi connectivity index (χ1) is 8.65. The molecule has 2 unspecified atom stereocenters. The number of halogens is 1. The molecule has 0 N–H and O–H groups in total. The topological polar surface area (TPSA) is 0 Å². The van der Waals surface area contributed by atoms with E-state index < -0.39 is 0 Å². The van der Waals surface area contributed by atoms with Crippen LogP contribution < -0.4 is 0 Å². The zero-order valence-corrected chi connectivity index (χ0v) is 14.2. The molecule has 0 nitrogen and oxygen atoms in total. The summed E-state index contributed by atoms with van der Waals surface area (Å²) < 4.78 is 1.31. The highest BCUT2D eigenvalue weighted by molar-refractivity contribution is 14.1. The highest BCUT2D eigenvalue weighted by atomic mass is 127. The number of alkyl halides is 1. The first-order valence-electron chi connectivity index (χ1n) is 7.27. The van der Waals surface area contributed by atoms with Gasteiger partial charge in [-0.1, -0.05) is 79.1 Å². The standard InChI is InChI=1S/C17H27I/c1-4-14(2)8-9-17(13-18)11-10-16-7-5-6-15(3)12-16/h5-7,12,14,17H,4,8-11,13H2,1-3H3. The van der Waals surface area contributed by atoms with Crippen LogP contribution in [0.25, 0.3) is 0 Å². The Morgan fingerprint density at radius 2 is 1.94 bits per heavy atom. The first-order valence-corrected chi connectivity index (χ1v) is 8.79. The van der Waals surface area contributed by atoms with Gasteiger partial charge in [-0.3, -0.25) is 0 Å². The molecule has 0 amide bonds. The Labute approximate surface area is 127 Å². The van der Waals surface area contributed by atoms with E-state index in [2.05, 4.69) is 67.6 Å². The summed E-state index contributed by atoms with van der Waals surface area (Å²) in [5.41, 5.74) is 2.89. The van der Waals surface area contributed by atoms with E-state index in [0.29, 0.717) is 0 Å². The zero-order chi connectivity index (χ0) is 13.4. The van der Waals surface area contributed by atoms with Gasteiger partial charge in [-0.15, -0.1) is 0 Å². The zero-order valence-electron chi connectivity index (χ0n) is 12.1. The summed E-state index contributed by atoms with van der Waals surface area (Å²) >= 11 is 2.56. The van der Waals surface area contributed by atoms with Crippen molar-refractivity contribution in [2.24, 2.45) is 11.8 Å². The van der Waals surface area contributed by atoms with Crippen LogP contribution >= 0.6 is 22.6 Å². The Kier molecular flexibility index (Phi) is 7.96. The van der Waals surface area contributed by atoms with Crippen LogP contribution in [0.4, 0.5) is 0 Å². The second-order valence-corrected chi connectivity index (χ2v) is 6.52.